The number of primary amides is 1. The molecule has 5 rings (SSSR count). The second-order valence-electron chi connectivity index (χ2n) is 10.4. The summed E-state index contributed by atoms with van der Waals surface area (Å²) >= 11 is 0. The number of carbonyl (C=O) groups is 2. The van der Waals surface area contributed by atoms with Crippen LogP contribution in [0.15, 0.2) is 77.2 Å². The SMILES string of the molecule is CC(C)(C)OC(=O)NC1(c2ccc(-c3oc4c(C(N)=O)cccc4c3-c3ccccc3)cc2)CCC1. The van der Waals surface area contributed by atoms with Gasteiger partial charge in [0.2, 0.25) is 0 Å². The van der Waals surface area contributed by atoms with Gasteiger partial charge in [-0.15, -0.1) is 0 Å². The molecule has 1 fully saturated rings. The highest BCUT2D eigenvalue weighted by Crippen LogP contribution is 2.44. The molecule has 0 atom stereocenters. The summed E-state index contributed by atoms with van der Waals surface area (Å²) in [6.07, 6.45) is 2.34. The lowest BCUT2D eigenvalue weighted by Crippen LogP contribution is -2.52. The molecule has 1 aliphatic rings. The number of alkyl carbamates (subject to hydrolysis) is 1. The number of ether oxygens (including phenoxy) is 1. The van der Waals surface area contributed by atoms with Crippen LogP contribution in [-0.4, -0.2) is 17.6 Å². The minimum absolute atomic E-state index is 0.350. The number of para-hydroxylation sites is 1. The van der Waals surface area contributed by atoms with Crippen LogP contribution in [0.1, 0.15) is 56.0 Å². The number of carbonyl (C=O) groups excluding carboxylic acids is 2. The summed E-state index contributed by atoms with van der Waals surface area (Å²) in [6, 6.07) is 23.5. The van der Waals surface area contributed by atoms with Gasteiger partial charge in [0.15, 0.2) is 0 Å². The summed E-state index contributed by atoms with van der Waals surface area (Å²) < 4.78 is 11.8. The van der Waals surface area contributed by atoms with Gasteiger partial charge in [0, 0.05) is 16.5 Å². The van der Waals surface area contributed by atoms with Gasteiger partial charge in [-0.2, -0.15) is 0 Å². The first kappa shape index (κ1) is 23.7. The molecule has 3 N–H and O–H groups in total. The number of amides is 2. The fourth-order valence-corrected chi connectivity index (χ4v) is 4.86. The van der Waals surface area contributed by atoms with E-state index in [9.17, 15) is 9.59 Å². The molecule has 0 radical (unpaired) electrons. The number of hydrogen-bond acceptors (Lipinski definition) is 4. The lowest BCUT2D eigenvalue weighted by molar-refractivity contribution is 0.0377. The number of benzene rings is 3. The van der Waals surface area contributed by atoms with Gasteiger partial charge in [0.25, 0.3) is 5.91 Å². The molecule has 0 aliphatic heterocycles. The quantitative estimate of drug-likeness (QED) is 0.328. The van der Waals surface area contributed by atoms with Crippen LogP contribution >= 0.6 is 0 Å². The Morgan fingerprint density at radius 2 is 1.61 bits per heavy atom. The van der Waals surface area contributed by atoms with E-state index in [2.05, 4.69) is 5.32 Å². The van der Waals surface area contributed by atoms with E-state index in [1.807, 2.05) is 87.5 Å². The fraction of sp³-hybridized carbons (Fsp3) is 0.267. The topological polar surface area (TPSA) is 94.6 Å². The summed E-state index contributed by atoms with van der Waals surface area (Å²) in [4.78, 5) is 24.6. The van der Waals surface area contributed by atoms with Crippen molar-refractivity contribution >= 4 is 23.0 Å². The summed E-state index contributed by atoms with van der Waals surface area (Å²) in [7, 11) is 0. The van der Waals surface area contributed by atoms with Crippen LogP contribution in [0.25, 0.3) is 33.4 Å². The van der Waals surface area contributed by atoms with Crippen molar-refractivity contribution in [2.24, 2.45) is 5.73 Å². The predicted molar refractivity (Wildman–Crippen MR) is 141 cm³/mol. The van der Waals surface area contributed by atoms with E-state index in [1.54, 1.807) is 6.07 Å². The normalized spacial score (nSPS) is 14.8. The average Bonchev–Trinajstić information content (AvgIpc) is 3.20. The van der Waals surface area contributed by atoms with Gasteiger partial charge in [0.1, 0.15) is 16.9 Å². The van der Waals surface area contributed by atoms with E-state index >= 15 is 0 Å². The van der Waals surface area contributed by atoms with Crippen LogP contribution in [0.4, 0.5) is 4.79 Å². The van der Waals surface area contributed by atoms with Crippen molar-refractivity contribution in [1.82, 2.24) is 5.32 Å². The van der Waals surface area contributed by atoms with Gasteiger partial charge in [-0.1, -0.05) is 66.7 Å². The highest BCUT2D eigenvalue weighted by Gasteiger charge is 2.41. The van der Waals surface area contributed by atoms with Gasteiger partial charge in [-0.3, -0.25) is 4.79 Å². The lowest BCUT2D eigenvalue weighted by atomic mass is 9.71. The Bertz CT molecular complexity index is 1430. The van der Waals surface area contributed by atoms with Crippen molar-refractivity contribution in [3.05, 3.63) is 83.9 Å². The molecule has 36 heavy (non-hydrogen) atoms. The van der Waals surface area contributed by atoms with E-state index in [4.69, 9.17) is 14.9 Å². The first-order valence-electron chi connectivity index (χ1n) is 12.2. The van der Waals surface area contributed by atoms with Crippen molar-refractivity contribution in [3.63, 3.8) is 0 Å². The maximum Gasteiger partial charge on any atom is 0.408 e. The van der Waals surface area contributed by atoms with Gasteiger partial charge in [-0.05, 0) is 57.2 Å². The van der Waals surface area contributed by atoms with E-state index < -0.39 is 23.1 Å². The van der Waals surface area contributed by atoms with Crippen molar-refractivity contribution in [2.75, 3.05) is 0 Å². The van der Waals surface area contributed by atoms with Crippen molar-refractivity contribution in [1.29, 1.82) is 0 Å². The third-order valence-corrected chi connectivity index (χ3v) is 6.69. The Hall–Kier alpha value is -4.06. The number of rotatable bonds is 5. The largest absolute Gasteiger partial charge is 0.455 e. The molecule has 1 aliphatic carbocycles. The molecule has 3 aromatic carbocycles. The molecule has 1 heterocycles. The highest BCUT2D eigenvalue weighted by atomic mass is 16.6. The minimum atomic E-state index is -0.558. The highest BCUT2D eigenvalue weighted by molar-refractivity contribution is 6.10. The predicted octanol–water partition coefficient (Wildman–Crippen LogP) is 6.77. The summed E-state index contributed by atoms with van der Waals surface area (Å²) in [6.45, 7) is 5.57. The Morgan fingerprint density at radius 1 is 0.917 bits per heavy atom. The van der Waals surface area contributed by atoms with Crippen LogP contribution in [0.5, 0.6) is 0 Å². The molecule has 1 saturated carbocycles. The number of nitrogens with two attached hydrogens (primary N) is 1. The minimum Gasteiger partial charge on any atom is -0.455 e. The maximum atomic E-state index is 12.5. The molecule has 4 aromatic rings. The maximum absolute atomic E-state index is 12.5. The molecule has 0 spiro atoms. The third kappa shape index (κ3) is 4.35. The van der Waals surface area contributed by atoms with Crippen molar-refractivity contribution < 1.29 is 18.7 Å². The first-order valence-corrected chi connectivity index (χ1v) is 12.2. The smallest absolute Gasteiger partial charge is 0.408 e. The molecular formula is C30H30N2O4. The van der Waals surface area contributed by atoms with Crippen molar-refractivity contribution in [3.8, 4) is 22.5 Å². The number of furan rings is 1. The second kappa shape index (κ2) is 8.86. The van der Waals surface area contributed by atoms with Crippen LogP contribution < -0.4 is 11.1 Å². The van der Waals surface area contributed by atoms with Gasteiger partial charge in [0.05, 0.1) is 11.1 Å². The van der Waals surface area contributed by atoms with E-state index in [0.29, 0.717) is 16.9 Å². The summed E-state index contributed by atoms with van der Waals surface area (Å²) in [5, 5.41) is 3.94. The fourth-order valence-electron chi connectivity index (χ4n) is 4.86. The molecule has 1 aromatic heterocycles. The standard InChI is InChI=1S/C30H30N2O4/c1-29(2,3)36-28(34)32-30(17-8-18-30)21-15-13-20(14-16-21)25-24(19-9-5-4-6-10-19)22-11-7-12-23(27(31)33)26(22)35-25/h4-7,9-16H,8,17-18H2,1-3H3,(H2,31,33)(H,32,34). The summed E-state index contributed by atoms with van der Waals surface area (Å²) in [5.41, 5.74) is 9.27. The number of fused-ring (bicyclic) bond motifs is 1. The van der Waals surface area contributed by atoms with Crippen LogP contribution in [-0.2, 0) is 10.3 Å². The second-order valence-corrected chi connectivity index (χ2v) is 10.4. The van der Waals surface area contributed by atoms with E-state index in [1.165, 1.54) is 0 Å². The Labute approximate surface area is 210 Å². The molecular weight excluding hydrogens is 452 g/mol. The van der Waals surface area contributed by atoms with Gasteiger partial charge in [-0.25, -0.2) is 4.79 Å². The molecule has 0 unspecified atom stereocenters. The van der Waals surface area contributed by atoms with Crippen LogP contribution in [0, 0.1) is 0 Å². The average molecular weight is 483 g/mol. The molecule has 0 bridgehead atoms. The third-order valence-electron chi connectivity index (χ3n) is 6.69. The van der Waals surface area contributed by atoms with Gasteiger partial charge < -0.3 is 20.2 Å². The molecule has 2 amide bonds. The Balaban J connectivity index is 1.56. The zero-order valence-electron chi connectivity index (χ0n) is 20.8. The van der Waals surface area contributed by atoms with Crippen LogP contribution in [0.2, 0.25) is 0 Å². The Kier molecular flexibility index (Phi) is 5.83. The Morgan fingerprint density at radius 3 is 2.19 bits per heavy atom. The zero-order valence-corrected chi connectivity index (χ0v) is 20.8. The monoisotopic (exact) mass is 482 g/mol. The van der Waals surface area contributed by atoms with Gasteiger partial charge >= 0.3 is 6.09 Å². The molecule has 6 nitrogen and oxygen atoms in total. The molecule has 0 saturated heterocycles. The van der Waals surface area contributed by atoms with Crippen LogP contribution in [0.3, 0.4) is 0 Å². The van der Waals surface area contributed by atoms with Crippen molar-refractivity contribution in [2.45, 2.75) is 51.2 Å². The first-order chi connectivity index (χ1) is 17.2. The summed E-state index contributed by atoms with van der Waals surface area (Å²) in [5.74, 6) is 0.134. The van der Waals surface area contributed by atoms with E-state index in [0.717, 1.165) is 46.9 Å². The lowest BCUT2D eigenvalue weighted by Gasteiger charge is -2.43. The zero-order chi connectivity index (χ0) is 25.5. The molecule has 6 heteroatoms. The van der Waals surface area contributed by atoms with E-state index in [-0.39, 0.29) is 0 Å². The number of hydrogen-bond donors (Lipinski definition) is 2. The number of nitrogens with one attached hydrogen (secondary N) is 1. The molecule has 184 valence electrons.